The van der Waals surface area contributed by atoms with E-state index in [0.29, 0.717) is 6.04 Å². The van der Waals surface area contributed by atoms with Crippen molar-refractivity contribution in [3.05, 3.63) is 35.6 Å². The van der Waals surface area contributed by atoms with Gasteiger partial charge in [0.2, 0.25) is 0 Å². The highest BCUT2D eigenvalue weighted by atomic mass is 19.1. The largest absolute Gasteiger partial charge is 0.360 e. The van der Waals surface area contributed by atoms with E-state index in [1.54, 1.807) is 0 Å². The fourth-order valence-corrected chi connectivity index (χ4v) is 2.03. The molecule has 0 spiro atoms. The average Bonchev–Trinajstić information content (AvgIpc) is 2.58. The minimum atomic E-state index is -0.201. The number of hydrogen-bond acceptors (Lipinski definition) is 2. The average molecular weight is 223 g/mol. The summed E-state index contributed by atoms with van der Waals surface area (Å²) in [4.78, 5) is 0. The monoisotopic (exact) mass is 223 g/mol. The SMILES string of the molecule is CC1(C)NC(CCc2ccc(F)cc2)CO1. The number of benzene rings is 1. The number of rotatable bonds is 3. The van der Waals surface area contributed by atoms with Gasteiger partial charge in [-0.15, -0.1) is 0 Å². The zero-order valence-electron chi connectivity index (χ0n) is 9.79. The van der Waals surface area contributed by atoms with Crippen molar-refractivity contribution in [2.75, 3.05) is 6.61 Å². The lowest BCUT2D eigenvalue weighted by atomic mass is 10.1. The molecule has 1 N–H and O–H groups in total. The summed E-state index contributed by atoms with van der Waals surface area (Å²) >= 11 is 0. The number of ether oxygens (including phenoxy) is 1. The van der Waals surface area contributed by atoms with Crippen molar-refractivity contribution in [3.63, 3.8) is 0 Å². The number of halogens is 1. The summed E-state index contributed by atoms with van der Waals surface area (Å²) in [6.45, 7) is 4.82. The van der Waals surface area contributed by atoms with Crippen molar-refractivity contribution in [3.8, 4) is 0 Å². The van der Waals surface area contributed by atoms with Crippen molar-refractivity contribution in [1.82, 2.24) is 5.32 Å². The summed E-state index contributed by atoms with van der Waals surface area (Å²) in [7, 11) is 0. The summed E-state index contributed by atoms with van der Waals surface area (Å²) in [5, 5.41) is 3.42. The molecule has 2 nitrogen and oxygen atoms in total. The second-order valence-corrected chi connectivity index (χ2v) is 4.83. The molecule has 0 aliphatic carbocycles. The van der Waals surface area contributed by atoms with Crippen LogP contribution in [-0.4, -0.2) is 18.4 Å². The molecular weight excluding hydrogens is 205 g/mol. The predicted octanol–water partition coefficient (Wildman–Crippen LogP) is 2.48. The van der Waals surface area contributed by atoms with Crippen molar-refractivity contribution < 1.29 is 9.13 Å². The van der Waals surface area contributed by atoms with Gasteiger partial charge in [-0.25, -0.2) is 4.39 Å². The van der Waals surface area contributed by atoms with Crippen LogP contribution in [0.1, 0.15) is 25.8 Å². The van der Waals surface area contributed by atoms with Crippen LogP contribution in [0.4, 0.5) is 4.39 Å². The molecule has 1 saturated heterocycles. The Bertz CT molecular complexity index is 347. The van der Waals surface area contributed by atoms with Crippen LogP contribution in [0.15, 0.2) is 24.3 Å². The third-order valence-corrected chi connectivity index (χ3v) is 2.89. The lowest BCUT2D eigenvalue weighted by Crippen LogP contribution is -2.38. The van der Waals surface area contributed by atoms with Crippen LogP contribution in [0.5, 0.6) is 0 Å². The summed E-state index contributed by atoms with van der Waals surface area (Å²) < 4.78 is 18.3. The zero-order valence-corrected chi connectivity index (χ0v) is 9.79. The maximum absolute atomic E-state index is 12.7. The van der Waals surface area contributed by atoms with Crippen LogP contribution in [0, 0.1) is 5.82 Å². The first-order valence-electron chi connectivity index (χ1n) is 5.71. The highest BCUT2D eigenvalue weighted by Crippen LogP contribution is 2.17. The molecular formula is C13H18FNO. The van der Waals surface area contributed by atoms with E-state index in [1.165, 1.54) is 17.7 Å². The Morgan fingerprint density at radius 3 is 2.62 bits per heavy atom. The van der Waals surface area contributed by atoms with Gasteiger partial charge in [-0.05, 0) is 44.4 Å². The van der Waals surface area contributed by atoms with Gasteiger partial charge in [0.15, 0.2) is 0 Å². The van der Waals surface area contributed by atoms with Crippen molar-refractivity contribution in [2.45, 2.75) is 38.5 Å². The molecule has 0 saturated carbocycles. The molecule has 0 radical (unpaired) electrons. The summed E-state index contributed by atoms with van der Waals surface area (Å²) in [6, 6.07) is 7.11. The van der Waals surface area contributed by atoms with Gasteiger partial charge in [-0.2, -0.15) is 0 Å². The van der Waals surface area contributed by atoms with E-state index >= 15 is 0 Å². The molecule has 2 rings (SSSR count). The second kappa shape index (κ2) is 4.52. The Morgan fingerprint density at radius 1 is 1.38 bits per heavy atom. The van der Waals surface area contributed by atoms with Crippen LogP contribution in [-0.2, 0) is 11.2 Å². The Balaban J connectivity index is 1.82. The van der Waals surface area contributed by atoms with Gasteiger partial charge in [-0.1, -0.05) is 12.1 Å². The van der Waals surface area contributed by atoms with Gasteiger partial charge in [-0.3, -0.25) is 5.32 Å². The molecule has 88 valence electrons. The highest BCUT2D eigenvalue weighted by molar-refractivity contribution is 5.16. The van der Waals surface area contributed by atoms with E-state index in [4.69, 9.17) is 4.74 Å². The van der Waals surface area contributed by atoms with Gasteiger partial charge >= 0.3 is 0 Å². The van der Waals surface area contributed by atoms with Crippen LogP contribution < -0.4 is 5.32 Å². The lowest BCUT2D eigenvalue weighted by molar-refractivity contribution is 0.0231. The van der Waals surface area contributed by atoms with Gasteiger partial charge in [0.1, 0.15) is 11.5 Å². The van der Waals surface area contributed by atoms with Crippen molar-refractivity contribution >= 4 is 0 Å². The van der Waals surface area contributed by atoms with E-state index in [9.17, 15) is 4.39 Å². The smallest absolute Gasteiger partial charge is 0.123 e. The number of nitrogens with one attached hydrogen (secondary N) is 1. The first-order chi connectivity index (χ1) is 7.55. The third-order valence-electron chi connectivity index (χ3n) is 2.89. The lowest BCUT2D eigenvalue weighted by Gasteiger charge is -2.18. The molecule has 3 heteroatoms. The van der Waals surface area contributed by atoms with E-state index in [0.717, 1.165) is 19.4 Å². The normalized spacial score (nSPS) is 23.6. The maximum Gasteiger partial charge on any atom is 0.123 e. The molecule has 1 aliphatic heterocycles. The summed E-state index contributed by atoms with van der Waals surface area (Å²) in [5.74, 6) is -0.174. The minimum Gasteiger partial charge on any atom is -0.360 e. The van der Waals surface area contributed by atoms with Crippen LogP contribution in [0.25, 0.3) is 0 Å². The third kappa shape index (κ3) is 3.03. The van der Waals surface area contributed by atoms with E-state index in [1.807, 2.05) is 26.0 Å². The van der Waals surface area contributed by atoms with Gasteiger partial charge in [0.25, 0.3) is 0 Å². The summed E-state index contributed by atoms with van der Waals surface area (Å²) in [5.41, 5.74) is 0.973. The molecule has 1 unspecified atom stereocenters. The Morgan fingerprint density at radius 2 is 2.06 bits per heavy atom. The topological polar surface area (TPSA) is 21.3 Å². The molecule has 0 aromatic heterocycles. The quantitative estimate of drug-likeness (QED) is 0.850. The van der Waals surface area contributed by atoms with Crippen LogP contribution in [0.3, 0.4) is 0 Å². The maximum atomic E-state index is 12.7. The molecule has 1 aliphatic rings. The molecule has 1 atom stereocenters. The fourth-order valence-electron chi connectivity index (χ4n) is 2.03. The van der Waals surface area contributed by atoms with Gasteiger partial charge in [0, 0.05) is 6.04 Å². The number of hydrogen-bond donors (Lipinski definition) is 1. The van der Waals surface area contributed by atoms with Crippen molar-refractivity contribution in [1.29, 1.82) is 0 Å². The Kier molecular flexibility index (Phi) is 3.26. The van der Waals surface area contributed by atoms with Crippen LogP contribution >= 0.6 is 0 Å². The first kappa shape index (κ1) is 11.6. The van der Waals surface area contributed by atoms with E-state index in [-0.39, 0.29) is 11.5 Å². The van der Waals surface area contributed by atoms with Crippen LogP contribution in [0.2, 0.25) is 0 Å². The Labute approximate surface area is 95.8 Å². The fraction of sp³-hybridized carbons (Fsp3) is 0.538. The predicted molar refractivity (Wildman–Crippen MR) is 61.7 cm³/mol. The molecule has 0 bridgehead atoms. The van der Waals surface area contributed by atoms with E-state index in [2.05, 4.69) is 5.32 Å². The Hall–Kier alpha value is -0.930. The second-order valence-electron chi connectivity index (χ2n) is 4.83. The molecule has 1 fully saturated rings. The highest BCUT2D eigenvalue weighted by Gasteiger charge is 2.30. The van der Waals surface area contributed by atoms with Crippen molar-refractivity contribution in [2.24, 2.45) is 0 Å². The standard InChI is InChI=1S/C13H18FNO/c1-13(2)15-12(9-16-13)8-5-10-3-6-11(14)7-4-10/h3-4,6-7,12,15H,5,8-9H2,1-2H3. The summed E-state index contributed by atoms with van der Waals surface area (Å²) in [6.07, 6.45) is 1.98. The molecule has 0 amide bonds. The van der Waals surface area contributed by atoms with Gasteiger partial charge in [0.05, 0.1) is 6.61 Å². The zero-order chi connectivity index (χ0) is 11.6. The molecule has 16 heavy (non-hydrogen) atoms. The molecule has 1 aromatic carbocycles. The minimum absolute atomic E-state index is 0.174. The van der Waals surface area contributed by atoms with E-state index < -0.39 is 0 Å². The van der Waals surface area contributed by atoms with Gasteiger partial charge < -0.3 is 4.74 Å². The molecule has 1 heterocycles. The first-order valence-corrected chi connectivity index (χ1v) is 5.71. The molecule has 1 aromatic rings. The number of aryl methyl sites for hydroxylation is 1.